The molecule has 21 heavy (non-hydrogen) atoms. The number of nitrogens with one attached hydrogen (secondary N) is 1. The SMILES string of the molecule is COC(=O)CN1CCN(C(=O)C2NCCCC2(C)C)CC1. The first-order valence-electron chi connectivity index (χ1n) is 7.75. The molecule has 6 heteroatoms. The molecule has 120 valence electrons. The Morgan fingerprint density at radius 2 is 1.90 bits per heavy atom. The Labute approximate surface area is 126 Å². The van der Waals surface area contributed by atoms with Crippen LogP contribution in [0.3, 0.4) is 0 Å². The largest absolute Gasteiger partial charge is 0.468 e. The second kappa shape index (κ2) is 6.75. The van der Waals surface area contributed by atoms with Gasteiger partial charge in [-0.3, -0.25) is 14.5 Å². The van der Waals surface area contributed by atoms with E-state index < -0.39 is 0 Å². The van der Waals surface area contributed by atoms with E-state index in [0.717, 1.165) is 32.5 Å². The van der Waals surface area contributed by atoms with E-state index in [2.05, 4.69) is 23.9 Å². The lowest BCUT2D eigenvalue weighted by Crippen LogP contribution is -2.60. The average Bonchev–Trinajstić information content (AvgIpc) is 2.47. The second-order valence-corrected chi connectivity index (χ2v) is 6.66. The summed E-state index contributed by atoms with van der Waals surface area (Å²) in [4.78, 5) is 27.9. The number of amides is 1. The van der Waals surface area contributed by atoms with Crippen molar-refractivity contribution in [2.45, 2.75) is 32.7 Å². The van der Waals surface area contributed by atoms with Gasteiger partial charge in [0.05, 0.1) is 19.7 Å². The highest BCUT2D eigenvalue weighted by Crippen LogP contribution is 2.31. The predicted molar refractivity (Wildman–Crippen MR) is 79.8 cm³/mol. The first-order chi connectivity index (χ1) is 9.94. The molecule has 2 fully saturated rings. The van der Waals surface area contributed by atoms with Gasteiger partial charge in [-0.25, -0.2) is 0 Å². The van der Waals surface area contributed by atoms with Crippen LogP contribution in [0.1, 0.15) is 26.7 Å². The number of piperidine rings is 1. The van der Waals surface area contributed by atoms with Crippen molar-refractivity contribution in [3.05, 3.63) is 0 Å². The highest BCUT2D eigenvalue weighted by molar-refractivity contribution is 5.83. The monoisotopic (exact) mass is 297 g/mol. The molecule has 1 amide bonds. The molecule has 0 bridgehead atoms. The third-order valence-corrected chi connectivity index (χ3v) is 4.64. The van der Waals surface area contributed by atoms with Crippen molar-refractivity contribution in [2.24, 2.45) is 5.41 Å². The molecule has 0 aliphatic carbocycles. The van der Waals surface area contributed by atoms with E-state index in [1.807, 2.05) is 9.80 Å². The van der Waals surface area contributed by atoms with Gasteiger partial charge in [0.2, 0.25) is 5.91 Å². The normalized spacial score (nSPS) is 26.4. The molecule has 2 rings (SSSR count). The number of carbonyl (C=O) groups is 2. The summed E-state index contributed by atoms with van der Waals surface area (Å²) in [7, 11) is 1.40. The van der Waals surface area contributed by atoms with Crippen LogP contribution >= 0.6 is 0 Å². The van der Waals surface area contributed by atoms with Crippen molar-refractivity contribution in [1.82, 2.24) is 15.1 Å². The molecule has 0 saturated carbocycles. The molecular weight excluding hydrogens is 270 g/mol. The number of esters is 1. The lowest BCUT2D eigenvalue weighted by atomic mass is 9.77. The van der Waals surface area contributed by atoms with Gasteiger partial charge in [0.1, 0.15) is 0 Å². The zero-order valence-corrected chi connectivity index (χ0v) is 13.4. The fourth-order valence-corrected chi connectivity index (χ4v) is 3.19. The van der Waals surface area contributed by atoms with Crippen LogP contribution in [-0.2, 0) is 14.3 Å². The number of rotatable bonds is 3. The van der Waals surface area contributed by atoms with Gasteiger partial charge in [-0.2, -0.15) is 0 Å². The quantitative estimate of drug-likeness (QED) is 0.748. The first-order valence-corrected chi connectivity index (χ1v) is 7.75. The third kappa shape index (κ3) is 3.95. The number of nitrogens with zero attached hydrogens (tertiary/aromatic N) is 2. The van der Waals surface area contributed by atoms with Crippen LogP contribution in [0.15, 0.2) is 0 Å². The minimum atomic E-state index is -0.218. The van der Waals surface area contributed by atoms with E-state index in [-0.39, 0.29) is 23.3 Å². The van der Waals surface area contributed by atoms with Crippen LogP contribution in [0.5, 0.6) is 0 Å². The van der Waals surface area contributed by atoms with E-state index >= 15 is 0 Å². The van der Waals surface area contributed by atoms with Crippen molar-refractivity contribution in [3.8, 4) is 0 Å². The summed E-state index contributed by atoms with van der Waals surface area (Å²) in [5, 5.41) is 3.38. The second-order valence-electron chi connectivity index (χ2n) is 6.66. The number of hydrogen-bond donors (Lipinski definition) is 1. The van der Waals surface area contributed by atoms with Gasteiger partial charge in [-0.1, -0.05) is 13.8 Å². The van der Waals surface area contributed by atoms with Gasteiger partial charge in [-0.05, 0) is 24.8 Å². The zero-order valence-electron chi connectivity index (χ0n) is 13.4. The lowest BCUT2D eigenvalue weighted by molar-refractivity contribution is -0.143. The summed E-state index contributed by atoms with van der Waals surface area (Å²) in [5.74, 6) is -0.0118. The van der Waals surface area contributed by atoms with Crippen LogP contribution in [0.25, 0.3) is 0 Å². The molecule has 0 aromatic carbocycles. The van der Waals surface area contributed by atoms with Crippen LogP contribution in [0.2, 0.25) is 0 Å². The average molecular weight is 297 g/mol. The van der Waals surface area contributed by atoms with Crippen molar-refractivity contribution in [3.63, 3.8) is 0 Å². The topological polar surface area (TPSA) is 61.9 Å². The summed E-state index contributed by atoms with van der Waals surface area (Å²) in [6.45, 7) is 8.38. The number of methoxy groups -OCH3 is 1. The Kier molecular flexibility index (Phi) is 5.22. The molecule has 0 aromatic heterocycles. The standard InChI is InChI=1S/C15H27N3O3/c1-15(2)5-4-6-16-13(15)14(20)18-9-7-17(8-10-18)11-12(19)21-3/h13,16H,4-11H2,1-3H3. The van der Waals surface area contributed by atoms with Crippen molar-refractivity contribution >= 4 is 11.9 Å². The van der Waals surface area contributed by atoms with Crippen LogP contribution in [0.4, 0.5) is 0 Å². The molecular formula is C15H27N3O3. The van der Waals surface area contributed by atoms with Gasteiger partial charge in [0.15, 0.2) is 0 Å². The Bertz CT molecular complexity index is 390. The molecule has 0 radical (unpaired) electrons. The van der Waals surface area contributed by atoms with E-state index in [1.54, 1.807) is 0 Å². The van der Waals surface area contributed by atoms with Crippen LogP contribution in [0, 0.1) is 5.41 Å². The first kappa shape index (κ1) is 16.2. The minimum absolute atomic E-state index is 0.0124. The molecule has 0 aromatic rings. The minimum Gasteiger partial charge on any atom is -0.468 e. The van der Waals surface area contributed by atoms with Crippen LogP contribution < -0.4 is 5.32 Å². The fraction of sp³-hybridized carbons (Fsp3) is 0.867. The van der Waals surface area contributed by atoms with Gasteiger partial charge >= 0.3 is 5.97 Å². The van der Waals surface area contributed by atoms with Gasteiger partial charge in [0.25, 0.3) is 0 Å². The molecule has 2 aliphatic rings. The molecule has 2 heterocycles. The third-order valence-electron chi connectivity index (χ3n) is 4.64. The highest BCUT2D eigenvalue weighted by atomic mass is 16.5. The summed E-state index contributed by atoms with van der Waals surface area (Å²) in [6.07, 6.45) is 2.21. The number of hydrogen-bond acceptors (Lipinski definition) is 5. The Balaban J connectivity index is 1.86. The summed E-state index contributed by atoms with van der Waals surface area (Å²) >= 11 is 0. The maximum Gasteiger partial charge on any atom is 0.319 e. The van der Waals surface area contributed by atoms with E-state index in [4.69, 9.17) is 0 Å². The molecule has 1 atom stereocenters. The summed E-state index contributed by atoms with van der Waals surface area (Å²) in [5.41, 5.74) is 0.0124. The van der Waals surface area contributed by atoms with Crippen LogP contribution in [-0.4, -0.2) is 74.1 Å². The van der Waals surface area contributed by atoms with E-state index in [9.17, 15) is 9.59 Å². The summed E-state index contributed by atoms with van der Waals surface area (Å²) < 4.78 is 4.68. The van der Waals surface area contributed by atoms with Gasteiger partial charge in [-0.15, -0.1) is 0 Å². The molecule has 1 unspecified atom stereocenters. The smallest absolute Gasteiger partial charge is 0.319 e. The van der Waals surface area contributed by atoms with Gasteiger partial charge in [0, 0.05) is 26.2 Å². The molecule has 0 spiro atoms. The highest BCUT2D eigenvalue weighted by Gasteiger charge is 2.39. The number of ether oxygens (including phenoxy) is 1. The van der Waals surface area contributed by atoms with Gasteiger partial charge < -0.3 is 15.0 Å². The molecule has 2 saturated heterocycles. The summed E-state index contributed by atoms with van der Waals surface area (Å²) in [6, 6.07) is -0.0848. The Morgan fingerprint density at radius 1 is 1.24 bits per heavy atom. The zero-order chi connectivity index (χ0) is 15.5. The lowest BCUT2D eigenvalue weighted by Gasteiger charge is -2.42. The van der Waals surface area contributed by atoms with Crippen molar-refractivity contribution in [2.75, 3.05) is 46.4 Å². The van der Waals surface area contributed by atoms with Crippen molar-refractivity contribution < 1.29 is 14.3 Å². The molecule has 1 N–H and O–H groups in total. The maximum absolute atomic E-state index is 12.7. The Morgan fingerprint density at radius 3 is 2.48 bits per heavy atom. The van der Waals surface area contributed by atoms with Crippen molar-refractivity contribution in [1.29, 1.82) is 0 Å². The van der Waals surface area contributed by atoms with E-state index in [1.165, 1.54) is 7.11 Å². The predicted octanol–water partition coefficient (Wildman–Crippen LogP) is 0.0818. The number of piperazine rings is 1. The Hall–Kier alpha value is -1.14. The molecule has 6 nitrogen and oxygen atoms in total. The fourth-order valence-electron chi connectivity index (χ4n) is 3.19. The number of carbonyl (C=O) groups excluding carboxylic acids is 2. The van der Waals surface area contributed by atoms with E-state index in [0.29, 0.717) is 19.6 Å². The maximum atomic E-state index is 12.7. The molecule has 2 aliphatic heterocycles.